The summed E-state index contributed by atoms with van der Waals surface area (Å²) in [4.78, 5) is 12.8. The summed E-state index contributed by atoms with van der Waals surface area (Å²) < 4.78 is 0. The van der Waals surface area contributed by atoms with Gasteiger partial charge in [-0.25, -0.2) is 0 Å². The molecule has 0 saturated heterocycles. The Morgan fingerprint density at radius 2 is 2.10 bits per heavy atom. The molecule has 0 radical (unpaired) electrons. The molecule has 0 aliphatic heterocycles. The van der Waals surface area contributed by atoms with Crippen LogP contribution in [0.4, 0.5) is 0 Å². The lowest BCUT2D eigenvalue weighted by atomic mass is 9.63. The molecular weight excluding hydrogens is 250 g/mol. The summed E-state index contributed by atoms with van der Waals surface area (Å²) in [6, 6.07) is 8.27. The number of hydrogen-bond acceptors (Lipinski definition) is 2. The normalized spacial score (nSPS) is 17.4. The summed E-state index contributed by atoms with van der Waals surface area (Å²) in [5, 5.41) is 12.2. The number of carbonyl (C=O) groups is 1. The minimum Gasteiger partial charge on any atom is -0.396 e. The van der Waals surface area contributed by atoms with E-state index in [0.717, 1.165) is 24.8 Å². The Morgan fingerprint density at radius 1 is 1.40 bits per heavy atom. The van der Waals surface area contributed by atoms with Crippen molar-refractivity contribution in [3.05, 3.63) is 35.4 Å². The fraction of sp³-hybridized carbons (Fsp3) is 0.588. The van der Waals surface area contributed by atoms with Gasteiger partial charge in [0.15, 0.2) is 0 Å². The second-order valence-corrected chi connectivity index (χ2v) is 6.62. The highest BCUT2D eigenvalue weighted by atomic mass is 16.3. The molecule has 0 heterocycles. The fourth-order valence-electron chi connectivity index (χ4n) is 2.89. The van der Waals surface area contributed by atoms with Crippen molar-refractivity contribution in [1.29, 1.82) is 0 Å². The molecule has 2 rings (SSSR count). The van der Waals surface area contributed by atoms with Crippen LogP contribution in [0.3, 0.4) is 0 Å². The van der Waals surface area contributed by atoms with Crippen LogP contribution in [0.15, 0.2) is 24.3 Å². The standard InChI is InChI=1S/C17H25NO2/c1-13-6-4-7-14(12-13)17(8-5-9-17)15(20)18-16(2,3)10-11-19/h4,6-7,12,19H,5,8-11H2,1-3H3,(H,18,20). The number of aliphatic hydroxyl groups excluding tert-OH is 1. The van der Waals surface area contributed by atoms with Crippen LogP contribution in [0.5, 0.6) is 0 Å². The molecule has 1 aromatic carbocycles. The maximum absolute atomic E-state index is 12.8. The lowest BCUT2D eigenvalue weighted by molar-refractivity contribution is -0.131. The monoisotopic (exact) mass is 275 g/mol. The third-order valence-electron chi connectivity index (χ3n) is 4.40. The first kappa shape index (κ1) is 15.0. The first-order valence-electron chi connectivity index (χ1n) is 7.40. The number of benzene rings is 1. The topological polar surface area (TPSA) is 49.3 Å². The molecular formula is C17H25NO2. The van der Waals surface area contributed by atoms with Crippen molar-refractivity contribution in [3.8, 4) is 0 Å². The summed E-state index contributed by atoms with van der Waals surface area (Å²) in [6.07, 6.45) is 3.50. The molecule has 0 atom stereocenters. The molecule has 1 aliphatic rings. The van der Waals surface area contributed by atoms with Crippen LogP contribution in [-0.4, -0.2) is 23.2 Å². The largest absolute Gasteiger partial charge is 0.396 e. The molecule has 110 valence electrons. The molecule has 1 aromatic rings. The first-order valence-corrected chi connectivity index (χ1v) is 7.40. The highest BCUT2D eigenvalue weighted by Gasteiger charge is 2.46. The summed E-state index contributed by atoms with van der Waals surface area (Å²) in [5.41, 5.74) is 1.59. The van der Waals surface area contributed by atoms with E-state index < -0.39 is 0 Å². The Labute approximate surface area is 121 Å². The quantitative estimate of drug-likeness (QED) is 0.868. The smallest absolute Gasteiger partial charge is 0.231 e. The molecule has 1 fully saturated rings. The van der Waals surface area contributed by atoms with Crippen molar-refractivity contribution >= 4 is 5.91 Å². The Morgan fingerprint density at radius 3 is 2.60 bits per heavy atom. The molecule has 1 amide bonds. The van der Waals surface area contributed by atoms with Gasteiger partial charge in [0.1, 0.15) is 0 Å². The van der Waals surface area contributed by atoms with Gasteiger partial charge in [-0.2, -0.15) is 0 Å². The minimum absolute atomic E-state index is 0.0880. The number of rotatable bonds is 5. The number of amides is 1. The summed E-state index contributed by atoms with van der Waals surface area (Å²) in [5.74, 6) is 0.104. The molecule has 0 bridgehead atoms. The van der Waals surface area contributed by atoms with Gasteiger partial charge in [-0.1, -0.05) is 36.2 Å². The van der Waals surface area contributed by atoms with E-state index in [2.05, 4.69) is 30.4 Å². The summed E-state index contributed by atoms with van der Waals surface area (Å²) in [7, 11) is 0. The van der Waals surface area contributed by atoms with E-state index in [9.17, 15) is 4.79 Å². The molecule has 2 N–H and O–H groups in total. The molecule has 1 aliphatic carbocycles. The van der Waals surface area contributed by atoms with Crippen LogP contribution in [0.2, 0.25) is 0 Å². The van der Waals surface area contributed by atoms with Gasteiger partial charge >= 0.3 is 0 Å². The highest BCUT2D eigenvalue weighted by Crippen LogP contribution is 2.44. The lowest BCUT2D eigenvalue weighted by Crippen LogP contribution is -2.55. The van der Waals surface area contributed by atoms with Crippen molar-refractivity contribution in [2.45, 2.75) is 57.4 Å². The maximum atomic E-state index is 12.8. The predicted molar refractivity (Wildman–Crippen MR) is 80.6 cm³/mol. The molecule has 1 saturated carbocycles. The van der Waals surface area contributed by atoms with Gasteiger partial charge in [-0.15, -0.1) is 0 Å². The van der Waals surface area contributed by atoms with Crippen LogP contribution in [0.25, 0.3) is 0 Å². The zero-order chi connectivity index (χ0) is 14.8. The zero-order valence-electron chi connectivity index (χ0n) is 12.7. The zero-order valence-corrected chi connectivity index (χ0v) is 12.7. The van der Waals surface area contributed by atoms with Gasteiger partial charge in [0, 0.05) is 12.1 Å². The number of hydrogen-bond donors (Lipinski definition) is 2. The van der Waals surface area contributed by atoms with Crippen LogP contribution >= 0.6 is 0 Å². The minimum atomic E-state index is -0.363. The molecule has 20 heavy (non-hydrogen) atoms. The van der Waals surface area contributed by atoms with E-state index in [1.54, 1.807) is 0 Å². The third-order valence-corrected chi connectivity index (χ3v) is 4.40. The van der Waals surface area contributed by atoms with Crippen LogP contribution in [-0.2, 0) is 10.2 Å². The third kappa shape index (κ3) is 2.88. The van der Waals surface area contributed by atoms with E-state index >= 15 is 0 Å². The average molecular weight is 275 g/mol. The van der Waals surface area contributed by atoms with Crippen LogP contribution in [0, 0.1) is 6.92 Å². The van der Waals surface area contributed by atoms with Crippen molar-refractivity contribution in [2.75, 3.05) is 6.61 Å². The van der Waals surface area contributed by atoms with Crippen molar-refractivity contribution < 1.29 is 9.90 Å². The molecule has 3 nitrogen and oxygen atoms in total. The van der Waals surface area contributed by atoms with Gasteiger partial charge in [-0.3, -0.25) is 4.79 Å². The Kier molecular flexibility index (Phi) is 4.19. The molecule has 3 heteroatoms. The second kappa shape index (κ2) is 5.57. The second-order valence-electron chi connectivity index (χ2n) is 6.62. The average Bonchev–Trinajstić information content (AvgIpc) is 2.26. The number of carbonyl (C=O) groups excluding carboxylic acids is 1. The van der Waals surface area contributed by atoms with Crippen LogP contribution in [0.1, 0.15) is 50.7 Å². The maximum Gasteiger partial charge on any atom is 0.231 e. The molecule has 0 unspecified atom stereocenters. The van der Waals surface area contributed by atoms with Gasteiger partial charge in [0.25, 0.3) is 0 Å². The lowest BCUT2D eigenvalue weighted by Gasteiger charge is -2.43. The van der Waals surface area contributed by atoms with Gasteiger partial charge in [0.05, 0.1) is 5.41 Å². The predicted octanol–water partition coefficient (Wildman–Crippen LogP) is 2.69. The van der Waals surface area contributed by atoms with Gasteiger partial charge < -0.3 is 10.4 Å². The first-order chi connectivity index (χ1) is 9.39. The van der Waals surface area contributed by atoms with Crippen LogP contribution < -0.4 is 5.32 Å². The Hall–Kier alpha value is -1.35. The van der Waals surface area contributed by atoms with E-state index in [0.29, 0.717) is 6.42 Å². The van der Waals surface area contributed by atoms with Crippen molar-refractivity contribution in [2.24, 2.45) is 0 Å². The highest BCUT2D eigenvalue weighted by molar-refractivity contribution is 5.89. The SMILES string of the molecule is Cc1cccc(C2(C(=O)NC(C)(C)CCO)CCC2)c1. The summed E-state index contributed by atoms with van der Waals surface area (Å²) >= 11 is 0. The van der Waals surface area contributed by atoms with E-state index in [1.165, 1.54) is 5.56 Å². The number of nitrogens with one attached hydrogen (secondary N) is 1. The molecule has 0 aromatic heterocycles. The number of aryl methyl sites for hydroxylation is 1. The van der Waals surface area contributed by atoms with Crippen molar-refractivity contribution in [3.63, 3.8) is 0 Å². The van der Waals surface area contributed by atoms with Crippen molar-refractivity contribution in [1.82, 2.24) is 5.32 Å². The Balaban J connectivity index is 2.21. The molecule has 0 spiro atoms. The summed E-state index contributed by atoms with van der Waals surface area (Å²) in [6.45, 7) is 6.07. The fourth-order valence-corrected chi connectivity index (χ4v) is 2.89. The van der Waals surface area contributed by atoms with E-state index in [-0.39, 0.29) is 23.5 Å². The van der Waals surface area contributed by atoms with E-state index in [4.69, 9.17) is 5.11 Å². The Bertz CT molecular complexity index is 490. The van der Waals surface area contributed by atoms with Gasteiger partial charge in [-0.05, 0) is 45.6 Å². The van der Waals surface area contributed by atoms with E-state index in [1.807, 2.05) is 19.9 Å². The van der Waals surface area contributed by atoms with Gasteiger partial charge in [0.2, 0.25) is 5.91 Å². The number of aliphatic hydroxyl groups is 1.